The average Bonchev–Trinajstić information content (AvgIpc) is 2.47. The van der Waals surface area contributed by atoms with Crippen LogP contribution >= 0.6 is 0 Å². The minimum absolute atomic E-state index is 0.144. The lowest BCUT2D eigenvalue weighted by atomic mass is 9.97. The third-order valence-electron chi connectivity index (χ3n) is 3.54. The number of aliphatic hydroxyl groups is 1. The Morgan fingerprint density at radius 2 is 1.44 bits per heavy atom. The first kappa shape index (κ1) is 21.2. The van der Waals surface area contributed by atoms with Crippen LogP contribution in [0.4, 0.5) is 0 Å². The molecule has 0 aliphatic rings. The van der Waals surface area contributed by atoms with E-state index < -0.39 is 28.9 Å². The van der Waals surface area contributed by atoms with Gasteiger partial charge in [-0.15, -0.1) is 0 Å². The van der Waals surface area contributed by atoms with Gasteiger partial charge >= 0.3 is 11.9 Å². The number of aliphatic hydroxyl groups excluding tert-OH is 1. The Hall–Kier alpha value is -1.88. The molecular weight excluding hydrogens is 320 g/mol. The van der Waals surface area contributed by atoms with Crippen LogP contribution in [0.3, 0.4) is 0 Å². The quantitative estimate of drug-likeness (QED) is 0.628. The minimum Gasteiger partial charge on any atom is -0.422 e. The second-order valence-corrected chi connectivity index (χ2v) is 8.29. The third-order valence-corrected chi connectivity index (χ3v) is 3.54. The first-order valence-corrected chi connectivity index (χ1v) is 8.63. The molecule has 0 aromatic heterocycles. The summed E-state index contributed by atoms with van der Waals surface area (Å²) in [6.45, 7) is 12.4. The molecule has 0 saturated carbocycles. The third kappa shape index (κ3) is 6.16. The summed E-state index contributed by atoms with van der Waals surface area (Å²) in [5.41, 5.74) is -0.774. The lowest BCUT2D eigenvalue weighted by Gasteiger charge is -2.21. The summed E-state index contributed by atoms with van der Waals surface area (Å²) >= 11 is 0. The van der Waals surface area contributed by atoms with E-state index in [0.29, 0.717) is 12.0 Å². The zero-order valence-electron chi connectivity index (χ0n) is 16.3. The summed E-state index contributed by atoms with van der Waals surface area (Å²) in [6, 6.07) is 4.80. The first-order valence-electron chi connectivity index (χ1n) is 8.63. The molecule has 5 heteroatoms. The van der Waals surface area contributed by atoms with Crippen LogP contribution in [0, 0.1) is 10.8 Å². The van der Waals surface area contributed by atoms with Crippen LogP contribution in [0.25, 0.3) is 0 Å². The van der Waals surface area contributed by atoms with Crippen molar-refractivity contribution in [3.63, 3.8) is 0 Å². The van der Waals surface area contributed by atoms with Gasteiger partial charge in [0.15, 0.2) is 11.5 Å². The maximum atomic E-state index is 12.3. The van der Waals surface area contributed by atoms with Crippen molar-refractivity contribution in [2.45, 2.75) is 67.4 Å². The molecule has 0 saturated heterocycles. The zero-order chi connectivity index (χ0) is 19.4. The number of hydrogen-bond acceptors (Lipinski definition) is 5. The summed E-state index contributed by atoms with van der Waals surface area (Å²) in [6.07, 6.45) is 0.747. The van der Waals surface area contributed by atoms with E-state index in [1.165, 1.54) is 0 Å². The normalized spacial score (nSPS) is 13.3. The summed E-state index contributed by atoms with van der Waals surface area (Å²) < 4.78 is 10.9. The molecule has 0 heterocycles. The molecule has 0 amide bonds. The van der Waals surface area contributed by atoms with Gasteiger partial charge < -0.3 is 14.6 Å². The number of ether oxygens (including phenoxy) is 2. The Kier molecular flexibility index (Phi) is 6.77. The van der Waals surface area contributed by atoms with E-state index in [-0.39, 0.29) is 11.5 Å². The largest absolute Gasteiger partial charge is 0.422 e. The highest BCUT2D eigenvalue weighted by molar-refractivity contribution is 5.81. The fraction of sp³-hybridized carbons (Fsp3) is 0.600. The number of benzene rings is 1. The van der Waals surface area contributed by atoms with Crippen molar-refractivity contribution in [1.29, 1.82) is 0 Å². The van der Waals surface area contributed by atoms with Gasteiger partial charge in [-0.25, -0.2) is 0 Å². The molecule has 140 valence electrons. The first-order chi connectivity index (χ1) is 11.4. The number of rotatable bonds is 5. The van der Waals surface area contributed by atoms with Gasteiger partial charge in [0.25, 0.3) is 0 Å². The highest BCUT2D eigenvalue weighted by Gasteiger charge is 2.28. The molecule has 0 spiro atoms. The van der Waals surface area contributed by atoms with Crippen molar-refractivity contribution in [2.75, 3.05) is 0 Å². The highest BCUT2D eigenvalue weighted by Crippen LogP contribution is 2.34. The molecule has 1 aromatic rings. The monoisotopic (exact) mass is 350 g/mol. The molecule has 0 bridgehead atoms. The molecule has 1 N–H and O–H groups in total. The van der Waals surface area contributed by atoms with Crippen LogP contribution in [0.5, 0.6) is 11.5 Å². The van der Waals surface area contributed by atoms with Crippen LogP contribution in [0.2, 0.25) is 0 Å². The Labute approximate surface area is 150 Å². The Balaban J connectivity index is 3.22. The molecule has 1 aromatic carbocycles. The Morgan fingerprint density at radius 1 is 0.960 bits per heavy atom. The molecule has 1 rings (SSSR count). The summed E-state index contributed by atoms with van der Waals surface area (Å²) in [5, 5.41) is 10.2. The van der Waals surface area contributed by atoms with E-state index in [2.05, 4.69) is 0 Å². The molecule has 0 radical (unpaired) electrons. The lowest BCUT2D eigenvalue weighted by Crippen LogP contribution is -2.28. The topological polar surface area (TPSA) is 72.8 Å². The molecule has 0 unspecified atom stereocenters. The molecule has 0 fully saturated rings. The number of carbonyl (C=O) groups excluding carboxylic acids is 2. The van der Waals surface area contributed by atoms with Gasteiger partial charge in [0, 0.05) is 0 Å². The van der Waals surface area contributed by atoms with Gasteiger partial charge in [-0.1, -0.05) is 19.4 Å². The van der Waals surface area contributed by atoms with Crippen molar-refractivity contribution >= 4 is 11.9 Å². The molecule has 1 atom stereocenters. The van der Waals surface area contributed by atoms with Gasteiger partial charge in [0.2, 0.25) is 0 Å². The summed E-state index contributed by atoms with van der Waals surface area (Å²) in [4.78, 5) is 24.4. The average molecular weight is 350 g/mol. The zero-order valence-corrected chi connectivity index (χ0v) is 16.3. The van der Waals surface area contributed by atoms with Crippen LogP contribution < -0.4 is 9.47 Å². The Bertz CT molecular complexity index is 620. The van der Waals surface area contributed by atoms with Gasteiger partial charge in [0.05, 0.1) is 16.9 Å². The maximum Gasteiger partial charge on any atom is 0.316 e. The van der Waals surface area contributed by atoms with E-state index >= 15 is 0 Å². The van der Waals surface area contributed by atoms with E-state index in [9.17, 15) is 14.7 Å². The standard InChI is InChI=1S/C20H30O5/c1-8-9-14(21)13-10-11-15(24-17(22)19(2,3)4)16(12-13)25-18(23)20(5,6)7/h10-12,14,21H,8-9H2,1-7H3/t14-/m0/s1. The van der Waals surface area contributed by atoms with Gasteiger partial charge in [-0.05, 0) is 65.7 Å². The second-order valence-electron chi connectivity index (χ2n) is 8.29. The van der Waals surface area contributed by atoms with Crippen LogP contribution in [-0.4, -0.2) is 17.0 Å². The summed E-state index contributed by atoms with van der Waals surface area (Å²) in [7, 11) is 0. The predicted molar refractivity (Wildman–Crippen MR) is 96.5 cm³/mol. The van der Waals surface area contributed by atoms with Crippen LogP contribution in [0.15, 0.2) is 18.2 Å². The molecule has 0 aliphatic carbocycles. The van der Waals surface area contributed by atoms with E-state index in [1.54, 1.807) is 59.7 Å². The maximum absolute atomic E-state index is 12.3. The second kappa shape index (κ2) is 8.00. The van der Waals surface area contributed by atoms with Crippen LogP contribution in [0.1, 0.15) is 73.0 Å². The SMILES string of the molecule is CCC[C@H](O)c1ccc(OC(=O)C(C)(C)C)c(OC(=O)C(C)(C)C)c1. The number of hydrogen-bond donors (Lipinski definition) is 1. The molecule has 25 heavy (non-hydrogen) atoms. The van der Waals surface area contributed by atoms with Gasteiger partial charge in [0.1, 0.15) is 0 Å². The smallest absolute Gasteiger partial charge is 0.316 e. The fourth-order valence-corrected chi connectivity index (χ4v) is 1.84. The fourth-order valence-electron chi connectivity index (χ4n) is 1.84. The van der Waals surface area contributed by atoms with Crippen molar-refractivity contribution in [2.24, 2.45) is 10.8 Å². The lowest BCUT2D eigenvalue weighted by molar-refractivity contribution is -0.145. The van der Waals surface area contributed by atoms with Crippen molar-refractivity contribution in [1.82, 2.24) is 0 Å². The molecular formula is C20H30O5. The van der Waals surface area contributed by atoms with Crippen LogP contribution in [-0.2, 0) is 9.59 Å². The Morgan fingerprint density at radius 3 is 1.88 bits per heavy atom. The van der Waals surface area contributed by atoms with Crippen molar-refractivity contribution < 1.29 is 24.2 Å². The van der Waals surface area contributed by atoms with E-state index in [1.807, 2.05) is 6.92 Å². The van der Waals surface area contributed by atoms with E-state index in [0.717, 1.165) is 6.42 Å². The highest BCUT2D eigenvalue weighted by atomic mass is 16.6. The number of esters is 2. The summed E-state index contributed by atoms with van der Waals surface area (Å²) in [5.74, 6) is -0.555. The van der Waals surface area contributed by atoms with Crippen molar-refractivity contribution in [3.8, 4) is 11.5 Å². The molecule has 5 nitrogen and oxygen atoms in total. The van der Waals surface area contributed by atoms with E-state index in [4.69, 9.17) is 9.47 Å². The van der Waals surface area contributed by atoms with Gasteiger partial charge in [-0.2, -0.15) is 0 Å². The minimum atomic E-state index is -0.705. The van der Waals surface area contributed by atoms with Crippen molar-refractivity contribution in [3.05, 3.63) is 23.8 Å². The van der Waals surface area contributed by atoms with Gasteiger partial charge in [-0.3, -0.25) is 9.59 Å². The number of carbonyl (C=O) groups is 2. The predicted octanol–water partition coefficient (Wildman–Crippen LogP) is 4.42. The molecule has 0 aliphatic heterocycles.